The molecule has 110 valence electrons. The van der Waals surface area contributed by atoms with Crippen molar-refractivity contribution < 1.29 is 18.7 Å². The molecule has 0 spiro atoms. The molecule has 0 bridgehead atoms. The molecule has 2 heterocycles. The predicted octanol–water partition coefficient (Wildman–Crippen LogP) is 0.954. The molecule has 1 aromatic heterocycles. The van der Waals surface area contributed by atoms with Crippen molar-refractivity contribution in [3.63, 3.8) is 0 Å². The van der Waals surface area contributed by atoms with Gasteiger partial charge in [0.2, 0.25) is 0 Å². The summed E-state index contributed by atoms with van der Waals surface area (Å²) in [4.78, 5) is 25.1. The van der Waals surface area contributed by atoms with E-state index in [9.17, 15) is 9.59 Å². The van der Waals surface area contributed by atoms with Crippen molar-refractivity contribution in [2.45, 2.75) is 32.0 Å². The third kappa shape index (κ3) is 3.39. The summed E-state index contributed by atoms with van der Waals surface area (Å²) in [6, 6.07) is 1.68. The van der Waals surface area contributed by atoms with E-state index >= 15 is 0 Å². The number of ether oxygens (including phenoxy) is 1. The Morgan fingerprint density at radius 3 is 2.75 bits per heavy atom. The third-order valence-electron chi connectivity index (χ3n) is 3.31. The van der Waals surface area contributed by atoms with Crippen LogP contribution in [0.4, 0.5) is 0 Å². The standard InChI is InChI=1S/C14H20N2O4/c1-9-6-10(8-19-9)13(17)15-7-11-4-5-12(20-11)14(18)16(2)3/h6,8,11-12H,4-5,7H2,1-3H3,(H,15,17). The minimum absolute atomic E-state index is 0.0238. The summed E-state index contributed by atoms with van der Waals surface area (Å²) in [5, 5.41) is 2.79. The quantitative estimate of drug-likeness (QED) is 0.891. The number of likely N-dealkylation sites (N-methyl/N-ethyl adjacent to an activating group) is 1. The largest absolute Gasteiger partial charge is 0.469 e. The molecule has 6 nitrogen and oxygen atoms in total. The average molecular weight is 280 g/mol. The van der Waals surface area contributed by atoms with Gasteiger partial charge in [0.1, 0.15) is 18.1 Å². The molecule has 0 radical (unpaired) electrons. The fourth-order valence-electron chi connectivity index (χ4n) is 2.20. The first kappa shape index (κ1) is 14.6. The lowest BCUT2D eigenvalue weighted by Crippen LogP contribution is -2.36. The third-order valence-corrected chi connectivity index (χ3v) is 3.31. The van der Waals surface area contributed by atoms with Gasteiger partial charge in [-0.2, -0.15) is 0 Å². The van der Waals surface area contributed by atoms with E-state index in [1.807, 2.05) is 0 Å². The van der Waals surface area contributed by atoms with Crippen LogP contribution in [0.3, 0.4) is 0 Å². The van der Waals surface area contributed by atoms with E-state index in [0.29, 0.717) is 24.3 Å². The Labute approximate surface area is 118 Å². The summed E-state index contributed by atoms with van der Waals surface area (Å²) in [5.74, 6) is 0.487. The van der Waals surface area contributed by atoms with Crippen molar-refractivity contribution in [1.82, 2.24) is 10.2 Å². The summed E-state index contributed by atoms with van der Waals surface area (Å²) in [6.07, 6.45) is 2.40. The van der Waals surface area contributed by atoms with E-state index in [1.54, 1.807) is 27.1 Å². The first-order valence-electron chi connectivity index (χ1n) is 6.67. The second kappa shape index (κ2) is 6.09. The molecule has 2 unspecified atom stereocenters. The lowest BCUT2D eigenvalue weighted by atomic mass is 10.2. The molecule has 0 aliphatic carbocycles. The van der Waals surface area contributed by atoms with E-state index in [2.05, 4.69) is 5.32 Å². The fourth-order valence-corrected chi connectivity index (χ4v) is 2.20. The predicted molar refractivity (Wildman–Crippen MR) is 72.4 cm³/mol. The molecular formula is C14H20N2O4. The van der Waals surface area contributed by atoms with Crippen LogP contribution in [0.15, 0.2) is 16.7 Å². The van der Waals surface area contributed by atoms with Crippen LogP contribution in [0, 0.1) is 6.92 Å². The first-order chi connectivity index (χ1) is 9.47. The van der Waals surface area contributed by atoms with Gasteiger partial charge in [-0.1, -0.05) is 0 Å². The Bertz CT molecular complexity index is 495. The number of carbonyl (C=O) groups excluding carboxylic acids is 2. The van der Waals surface area contributed by atoms with Gasteiger partial charge in [-0.15, -0.1) is 0 Å². The van der Waals surface area contributed by atoms with Crippen molar-refractivity contribution in [3.05, 3.63) is 23.7 Å². The maximum atomic E-state index is 11.8. The van der Waals surface area contributed by atoms with Crippen molar-refractivity contribution in [2.75, 3.05) is 20.6 Å². The lowest BCUT2D eigenvalue weighted by Gasteiger charge is -2.17. The SMILES string of the molecule is Cc1cc(C(=O)NCC2CCC(C(=O)N(C)C)O2)co1. The Balaban J connectivity index is 1.78. The van der Waals surface area contributed by atoms with Crippen LogP contribution in [-0.2, 0) is 9.53 Å². The molecule has 6 heteroatoms. The van der Waals surface area contributed by atoms with Crippen LogP contribution in [0.5, 0.6) is 0 Å². The van der Waals surface area contributed by atoms with E-state index in [4.69, 9.17) is 9.15 Å². The normalized spacial score (nSPS) is 21.8. The summed E-state index contributed by atoms with van der Waals surface area (Å²) in [6.45, 7) is 2.19. The summed E-state index contributed by atoms with van der Waals surface area (Å²) < 4.78 is 10.7. The molecule has 1 aliphatic heterocycles. The molecule has 1 fully saturated rings. The van der Waals surface area contributed by atoms with Crippen molar-refractivity contribution >= 4 is 11.8 Å². The van der Waals surface area contributed by atoms with Crippen LogP contribution in [-0.4, -0.2) is 49.6 Å². The molecular weight excluding hydrogens is 260 g/mol. The Hall–Kier alpha value is -1.82. The molecule has 1 aliphatic rings. The van der Waals surface area contributed by atoms with E-state index < -0.39 is 0 Å². The maximum Gasteiger partial charge on any atom is 0.254 e. The Morgan fingerprint density at radius 2 is 2.15 bits per heavy atom. The highest BCUT2D eigenvalue weighted by molar-refractivity contribution is 5.93. The number of hydrogen-bond acceptors (Lipinski definition) is 4. The summed E-state index contributed by atoms with van der Waals surface area (Å²) >= 11 is 0. The minimum Gasteiger partial charge on any atom is -0.469 e. The van der Waals surface area contributed by atoms with Crippen molar-refractivity contribution in [3.8, 4) is 0 Å². The zero-order valence-corrected chi connectivity index (χ0v) is 12.0. The maximum absolute atomic E-state index is 11.8. The number of aryl methyl sites for hydroxylation is 1. The summed E-state index contributed by atoms with van der Waals surface area (Å²) in [7, 11) is 3.42. The molecule has 2 atom stereocenters. The van der Waals surface area contributed by atoms with Crippen LogP contribution >= 0.6 is 0 Å². The van der Waals surface area contributed by atoms with Gasteiger partial charge in [-0.3, -0.25) is 9.59 Å². The van der Waals surface area contributed by atoms with Gasteiger partial charge in [0.05, 0.1) is 11.7 Å². The van der Waals surface area contributed by atoms with Gasteiger partial charge >= 0.3 is 0 Å². The number of furan rings is 1. The number of hydrogen-bond donors (Lipinski definition) is 1. The topological polar surface area (TPSA) is 71.8 Å². The molecule has 1 N–H and O–H groups in total. The van der Waals surface area contributed by atoms with Crippen LogP contribution < -0.4 is 5.32 Å². The monoisotopic (exact) mass is 280 g/mol. The second-order valence-corrected chi connectivity index (χ2v) is 5.21. The smallest absolute Gasteiger partial charge is 0.254 e. The molecule has 1 aromatic rings. The van der Waals surface area contributed by atoms with Crippen LogP contribution in [0.25, 0.3) is 0 Å². The highest BCUT2D eigenvalue weighted by Gasteiger charge is 2.31. The van der Waals surface area contributed by atoms with Crippen LogP contribution in [0.2, 0.25) is 0 Å². The molecule has 1 saturated heterocycles. The van der Waals surface area contributed by atoms with Gasteiger partial charge < -0.3 is 19.4 Å². The Kier molecular flexibility index (Phi) is 4.44. The van der Waals surface area contributed by atoms with Crippen molar-refractivity contribution in [2.24, 2.45) is 0 Å². The van der Waals surface area contributed by atoms with Crippen LogP contribution in [0.1, 0.15) is 29.0 Å². The van der Waals surface area contributed by atoms with Gasteiger partial charge in [-0.25, -0.2) is 0 Å². The first-order valence-corrected chi connectivity index (χ1v) is 6.67. The highest BCUT2D eigenvalue weighted by atomic mass is 16.5. The molecule has 2 rings (SSSR count). The van der Waals surface area contributed by atoms with E-state index in [0.717, 1.165) is 6.42 Å². The Morgan fingerprint density at radius 1 is 1.40 bits per heavy atom. The number of rotatable bonds is 4. The van der Waals surface area contributed by atoms with Gasteiger partial charge in [0.15, 0.2) is 0 Å². The highest BCUT2D eigenvalue weighted by Crippen LogP contribution is 2.20. The molecule has 20 heavy (non-hydrogen) atoms. The molecule has 0 saturated carbocycles. The molecule has 0 aromatic carbocycles. The zero-order valence-electron chi connectivity index (χ0n) is 12.0. The number of amides is 2. The average Bonchev–Trinajstić information content (AvgIpc) is 3.03. The molecule has 2 amide bonds. The zero-order chi connectivity index (χ0) is 14.7. The summed E-state index contributed by atoms with van der Waals surface area (Å²) in [5.41, 5.74) is 0.501. The second-order valence-electron chi connectivity index (χ2n) is 5.21. The fraction of sp³-hybridized carbons (Fsp3) is 0.571. The number of carbonyl (C=O) groups is 2. The minimum atomic E-state index is -0.386. The number of nitrogens with zero attached hydrogens (tertiary/aromatic N) is 1. The van der Waals surface area contributed by atoms with Gasteiger partial charge in [0, 0.05) is 20.6 Å². The van der Waals surface area contributed by atoms with E-state index in [-0.39, 0.29) is 24.0 Å². The lowest BCUT2D eigenvalue weighted by molar-refractivity contribution is -0.140. The van der Waals surface area contributed by atoms with Gasteiger partial charge in [0.25, 0.3) is 11.8 Å². The van der Waals surface area contributed by atoms with E-state index in [1.165, 1.54) is 11.2 Å². The van der Waals surface area contributed by atoms with Crippen molar-refractivity contribution in [1.29, 1.82) is 0 Å². The number of nitrogens with one attached hydrogen (secondary N) is 1. The van der Waals surface area contributed by atoms with Gasteiger partial charge in [-0.05, 0) is 25.8 Å².